The Morgan fingerprint density at radius 3 is 2.55 bits per heavy atom. The van der Waals surface area contributed by atoms with Gasteiger partial charge in [-0.3, -0.25) is 5.21 Å². The highest BCUT2D eigenvalue weighted by molar-refractivity contribution is 7.90. The zero-order valence-corrected chi connectivity index (χ0v) is 10.9. The lowest BCUT2D eigenvalue weighted by Crippen LogP contribution is -2.10. The topological polar surface area (TPSA) is 82.3 Å². The van der Waals surface area contributed by atoms with Crippen molar-refractivity contribution in [3.8, 4) is 0 Å². The van der Waals surface area contributed by atoms with E-state index in [-0.39, 0.29) is 10.6 Å². The van der Waals surface area contributed by atoms with Gasteiger partial charge in [0.2, 0.25) is 0 Å². The average molecular weight is 295 g/mol. The van der Waals surface area contributed by atoms with E-state index < -0.39 is 15.8 Å². The Hall–Kier alpha value is -2.32. The summed E-state index contributed by atoms with van der Waals surface area (Å²) >= 11 is 0. The molecule has 6 nitrogen and oxygen atoms in total. The van der Waals surface area contributed by atoms with Gasteiger partial charge in [-0.1, -0.05) is 10.6 Å². The van der Waals surface area contributed by atoms with Crippen LogP contribution in [-0.4, -0.2) is 18.7 Å². The predicted octanol–water partition coefficient (Wildman–Crippen LogP) is 2.58. The van der Waals surface area contributed by atoms with Gasteiger partial charge >= 0.3 is 0 Å². The number of hydroxylamine groups is 2. The van der Waals surface area contributed by atoms with E-state index in [9.17, 15) is 18.0 Å². The summed E-state index contributed by atoms with van der Waals surface area (Å²) in [4.78, 5) is -0.166. The summed E-state index contributed by atoms with van der Waals surface area (Å²) in [7, 11) is -3.99. The number of rotatable bonds is 3. The van der Waals surface area contributed by atoms with Gasteiger partial charge in [0.25, 0.3) is 10.0 Å². The molecule has 0 saturated carbocycles. The summed E-state index contributed by atoms with van der Waals surface area (Å²) in [5, 5.41) is 13.6. The maximum Gasteiger partial charge on any atom is 0.299 e. The van der Waals surface area contributed by atoms with Crippen LogP contribution in [0.3, 0.4) is 0 Å². The highest BCUT2D eigenvalue weighted by Crippen LogP contribution is 2.14. The smallest absolute Gasteiger partial charge is 0.284 e. The first-order chi connectivity index (χ1) is 9.49. The highest BCUT2D eigenvalue weighted by Gasteiger charge is 2.12. The molecule has 2 rings (SSSR count). The first kappa shape index (κ1) is 14.1. The SMILES string of the molecule is O=S(=O)(N=NC=C1C=CC=CN1O)c1ccc(F)cc1. The summed E-state index contributed by atoms with van der Waals surface area (Å²) in [5.41, 5.74) is 0.255. The number of benzene rings is 1. The van der Waals surface area contributed by atoms with Crippen LogP contribution in [0.15, 0.2) is 75.1 Å². The van der Waals surface area contributed by atoms with Gasteiger partial charge < -0.3 is 0 Å². The molecule has 0 fully saturated rings. The lowest BCUT2D eigenvalue weighted by Gasteiger charge is -2.13. The first-order valence-electron chi connectivity index (χ1n) is 5.45. The van der Waals surface area contributed by atoms with Crippen molar-refractivity contribution in [3.05, 3.63) is 66.4 Å². The van der Waals surface area contributed by atoms with Crippen molar-refractivity contribution in [2.75, 3.05) is 0 Å². The molecule has 1 aromatic rings. The van der Waals surface area contributed by atoms with Gasteiger partial charge in [-0.2, -0.15) is 8.42 Å². The molecule has 1 aromatic carbocycles. The molecular weight excluding hydrogens is 285 g/mol. The van der Waals surface area contributed by atoms with Crippen LogP contribution in [-0.2, 0) is 10.0 Å². The van der Waals surface area contributed by atoms with Crippen LogP contribution in [0.4, 0.5) is 4.39 Å². The predicted molar refractivity (Wildman–Crippen MR) is 68.4 cm³/mol. The standard InChI is InChI=1S/C12H10FN3O3S/c13-10-4-6-12(7-5-10)20(18,19)15-14-9-11-3-1-2-8-16(11)17/h1-9,17H. The molecule has 20 heavy (non-hydrogen) atoms. The van der Waals surface area contributed by atoms with E-state index in [1.807, 2.05) is 0 Å². The zero-order chi connectivity index (χ0) is 14.6. The Bertz CT molecular complexity index is 706. The molecule has 1 aliphatic heterocycles. The van der Waals surface area contributed by atoms with Crippen LogP contribution in [0.2, 0.25) is 0 Å². The van der Waals surface area contributed by atoms with Crippen molar-refractivity contribution in [3.63, 3.8) is 0 Å². The molecule has 1 aliphatic rings. The Morgan fingerprint density at radius 2 is 1.90 bits per heavy atom. The van der Waals surface area contributed by atoms with Crippen molar-refractivity contribution in [1.82, 2.24) is 5.06 Å². The fourth-order valence-electron chi connectivity index (χ4n) is 1.35. The van der Waals surface area contributed by atoms with Crippen molar-refractivity contribution in [2.45, 2.75) is 4.90 Å². The Kier molecular flexibility index (Phi) is 4.06. The number of nitrogens with zero attached hydrogens (tertiary/aromatic N) is 3. The third-order valence-electron chi connectivity index (χ3n) is 2.33. The molecule has 8 heteroatoms. The van der Waals surface area contributed by atoms with E-state index >= 15 is 0 Å². The second-order valence-corrected chi connectivity index (χ2v) is 5.31. The minimum Gasteiger partial charge on any atom is -0.284 e. The van der Waals surface area contributed by atoms with Gasteiger partial charge in [-0.05, 0) is 36.4 Å². The van der Waals surface area contributed by atoms with Crippen molar-refractivity contribution in [1.29, 1.82) is 0 Å². The summed E-state index contributed by atoms with van der Waals surface area (Å²) in [6.07, 6.45) is 7.19. The number of hydrogen-bond donors (Lipinski definition) is 1. The first-order valence-corrected chi connectivity index (χ1v) is 6.89. The number of hydrogen-bond acceptors (Lipinski definition) is 5. The Balaban J connectivity index is 2.18. The normalized spacial score (nSPS) is 17.3. The quantitative estimate of drug-likeness (QED) is 0.869. The van der Waals surface area contributed by atoms with Gasteiger partial charge in [0.15, 0.2) is 0 Å². The summed E-state index contributed by atoms with van der Waals surface area (Å²) in [6.45, 7) is 0. The summed E-state index contributed by atoms with van der Waals surface area (Å²) in [6, 6.07) is 4.23. The summed E-state index contributed by atoms with van der Waals surface area (Å²) in [5.74, 6) is -0.543. The highest BCUT2D eigenvalue weighted by atomic mass is 32.2. The Morgan fingerprint density at radius 1 is 1.20 bits per heavy atom. The molecule has 0 atom stereocenters. The van der Waals surface area contributed by atoms with Crippen molar-refractivity contribution in [2.24, 2.45) is 9.63 Å². The summed E-state index contributed by atoms with van der Waals surface area (Å²) < 4.78 is 39.4. The Labute approximate surface area is 114 Å². The molecule has 1 N–H and O–H groups in total. The molecule has 1 heterocycles. The molecular formula is C12H10FN3O3S. The molecule has 0 saturated heterocycles. The fourth-order valence-corrected chi connectivity index (χ4v) is 2.09. The average Bonchev–Trinajstić information content (AvgIpc) is 2.41. The molecule has 0 aliphatic carbocycles. The van der Waals surface area contributed by atoms with E-state index in [1.165, 1.54) is 12.3 Å². The number of allylic oxidation sites excluding steroid dienone is 3. The molecule has 0 radical (unpaired) electrons. The van der Waals surface area contributed by atoms with E-state index in [0.717, 1.165) is 35.5 Å². The van der Waals surface area contributed by atoms with Crippen LogP contribution in [0.25, 0.3) is 0 Å². The van der Waals surface area contributed by atoms with Gasteiger partial charge in [0.05, 0.1) is 16.8 Å². The molecule has 0 bridgehead atoms. The second kappa shape index (κ2) is 5.76. The monoisotopic (exact) mass is 295 g/mol. The van der Waals surface area contributed by atoms with Gasteiger partial charge in [-0.25, -0.2) is 9.45 Å². The fraction of sp³-hybridized carbons (Fsp3) is 0. The van der Waals surface area contributed by atoms with Crippen molar-refractivity contribution < 1.29 is 18.0 Å². The van der Waals surface area contributed by atoms with E-state index in [2.05, 4.69) is 9.63 Å². The van der Waals surface area contributed by atoms with Crippen LogP contribution in [0, 0.1) is 5.82 Å². The maximum atomic E-state index is 12.7. The largest absolute Gasteiger partial charge is 0.299 e. The lowest BCUT2D eigenvalue weighted by molar-refractivity contribution is -0.000512. The van der Waals surface area contributed by atoms with E-state index in [4.69, 9.17) is 0 Å². The second-order valence-electron chi connectivity index (χ2n) is 3.73. The van der Waals surface area contributed by atoms with Crippen molar-refractivity contribution >= 4 is 10.0 Å². The van der Waals surface area contributed by atoms with Crippen LogP contribution >= 0.6 is 0 Å². The molecule has 104 valence electrons. The maximum absolute atomic E-state index is 12.7. The third-order valence-corrected chi connectivity index (χ3v) is 3.50. The van der Waals surface area contributed by atoms with E-state index in [0.29, 0.717) is 0 Å². The molecule has 0 amide bonds. The zero-order valence-electron chi connectivity index (χ0n) is 10.1. The third kappa shape index (κ3) is 3.37. The molecule has 0 unspecified atom stereocenters. The van der Waals surface area contributed by atoms with Gasteiger partial charge in [0.1, 0.15) is 5.82 Å². The number of sulfonamides is 1. The van der Waals surface area contributed by atoms with Gasteiger partial charge in [0, 0.05) is 6.20 Å². The number of halogens is 1. The molecule has 0 spiro atoms. The minimum absolute atomic E-state index is 0.166. The van der Waals surface area contributed by atoms with Crippen LogP contribution < -0.4 is 0 Å². The van der Waals surface area contributed by atoms with Crippen LogP contribution in [0.5, 0.6) is 0 Å². The van der Waals surface area contributed by atoms with E-state index in [1.54, 1.807) is 12.2 Å². The molecule has 0 aromatic heterocycles. The minimum atomic E-state index is -3.99. The lowest BCUT2D eigenvalue weighted by atomic mass is 10.3. The van der Waals surface area contributed by atoms with Crippen LogP contribution in [0.1, 0.15) is 0 Å². The van der Waals surface area contributed by atoms with Gasteiger partial charge in [-0.15, -0.1) is 5.11 Å².